The van der Waals surface area contributed by atoms with Crippen LogP contribution in [0.1, 0.15) is 49.0 Å². The minimum Gasteiger partial charge on any atom is -0.487 e. The summed E-state index contributed by atoms with van der Waals surface area (Å²) in [5.74, 6) is 1.44. The lowest BCUT2D eigenvalue weighted by molar-refractivity contribution is 0.0789. The van der Waals surface area contributed by atoms with Crippen molar-refractivity contribution in [3.63, 3.8) is 0 Å². The Hall–Kier alpha value is -2.42. The summed E-state index contributed by atoms with van der Waals surface area (Å²) in [5.41, 5.74) is 1.47. The molecule has 0 saturated carbocycles. The van der Waals surface area contributed by atoms with E-state index in [-0.39, 0.29) is 28.6 Å². The van der Waals surface area contributed by atoms with Crippen molar-refractivity contribution in [2.75, 3.05) is 26.7 Å². The first kappa shape index (κ1) is 25.2. The molecule has 1 amide bonds. The Morgan fingerprint density at radius 1 is 1.24 bits per heavy atom. The van der Waals surface area contributed by atoms with Crippen molar-refractivity contribution in [2.45, 2.75) is 56.6 Å². The van der Waals surface area contributed by atoms with E-state index in [1.807, 2.05) is 26.0 Å². The van der Waals surface area contributed by atoms with E-state index in [1.54, 1.807) is 30.1 Å². The van der Waals surface area contributed by atoms with E-state index in [9.17, 15) is 13.6 Å². The highest BCUT2D eigenvalue weighted by atomic mass is 32.2. The van der Waals surface area contributed by atoms with Gasteiger partial charge in [-0.05, 0) is 69.8 Å². The quantitative estimate of drug-likeness (QED) is 0.380. The Bertz CT molecular complexity index is 966. The van der Waals surface area contributed by atoms with Gasteiger partial charge < -0.3 is 24.2 Å². The molecule has 33 heavy (non-hydrogen) atoms. The molecule has 8 heteroatoms. The lowest BCUT2D eigenvalue weighted by Crippen LogP contribution is -2.35. The van der Waals surface area contributed by atoms with Gasteiger partial charge in [0.25, 0.3) is 5.91 Å². The van der Waals surface area contributed by atoms with Gasteiger partial charge in [0.05, 0.1) is 16.6 Å². The highest BCUT2D eigenvalue weighted by Crippen LogP contribution is 2.37. The van der Waals surface area contributed by atoms with Crippen molar-refractivity contribution in [1.29, 1.82) is 0 Å². The number of hydrogen-bond donors (Lipinski definition) is 2. The summed E-state index contributed by atoms with van der Waals surface area (Å²) in [6.45, 7) is 6.20. The fourth-order valence-corrected chi connectivity index (χ4v) is 4.43. The molecule has 7 nitrogen and oxygen atoms in total. The normalized spacial score (nSPS) is 16.1. The molecule has 2 N–H and O–H groups in total. The van der Waals surface area contributed by atoms with Gasteiger partial charge in [0.15, 0.2) is 22.6 Å². The Kier molecular flexibility index (Phi) is 9.29. The Labute approximate surface area is 198 Å². The molecule has 1 aliphatic rings. The number of hydrogen-bond acceptors (Lipinski definition) is 5. The highest BCUT2D eigenvalue weighted by molar-refractivity contribution is 7.79. The van der Waals surface area contributed by atoms with E-state index < -0.39 is 11.1 Å². The largest absolute Gasteiger partial charge is 0.487 e. The van der Waals surface area contributed by atoms with Crippen LogP contribution in [0.5, 0.6) is 11.5 Å². The van der Waals surface area contributed by atoms with Crippen molar-refractivity contribution >= 4 is 17.0 Å². The van der Waals surface area contributed by atoms with Crippen LogP contribution in [0.2, 0.25) is 0 Å². The minimum absolute atomic E-state index is 0.0999. The van der Waals surface area contributed by atoms with Crippen LogP contribution >= 0.6 is 0 Å². The third-order valence-corrected chi connectivity index (χ3v) is 6.30. The van der Waals surface area contributed by atoms with Crippen LogP contribution in [0.15, 0.2) is 47.4 Å². The molecular weight excluding hydrogens is 440 g/mol. The van der Waals surface area contributed by atoms with Crippen molar-refractivity contribution in [2.24, 2.45) is 0 Å². The number of nitrogens with one attached hydrogen (secondary N) is 1. The Balaban J connectivity index is 1.39. The standard InChI is InChI=1S/C25H34N2O5S/c1-18(2)31-22-11-8-9-19-13-14-20(32-24(19)22)17-26-15-6-7-16-27(3)25(28)21-10-4-5-12-23(21)33(29)30/h4-5,8-12,18,20,26H,6-7,13-17H2,1-3H3,(H,29,30). The molecule has 0 aliphatic carbocycles. The second kappa shape index (κ2) is 12.2. The van der Waals surface area contributed by atoms with Gasteiger partial charge in [0.1, 0.15) is 6.10 Å². The first-order valence-corrected chi connectivity index (χ1v) is 12.6. The maximum atomic E-state index is 12.6. The molecule has 180 valence electrons. The summed E-state index contributed by atoms with van der Waals surface area (Å²) in [6.07, 6.45) is 3.89. The van der Waals surface area contributed by atoms with Gasteiger partial charge >= 0.3 is 0 Å². The fraction of sp³-hybridized carbons (Fsp3) is 0.480. The molecule has 0 saturated heterocycles. The number of ether oxygens (including phenoxy) is 2. The first-order chi connectivity index (χ1) is 15.9. The third kappa shape index (κ3) is 7.03. The molecule has 2 aromatic carbocycles. The molecule has 2 atom stereocenters. The number of fused-ring (bicyclic) bond motifs is 1. The molecule has 0 spiro atoms. The average Bonchev–Trinajstić information content (AvgIpc) is 2.80. The second-order valence-corrected chi connectivity index (χ2v) is 9.51. The minimum atomic E-state index is -2.19. The number of amides is 1. The number of aryl methyl sites for hydroxylation is 1. The van der Waals surface area contributed by atoms with Gasteiger partial charge in [0.2, 0.25) is 0 Å². The molecule has 2 unspecified atom stereocenters. The summed E-state index contributed by atoms with van der Waals surface area (Å²) in [6, 6.07) is 12.5. The van der Waals surface area contributed by atoms with Gasteiger partial charge in [-0.25, -0.2) is 4.21 Å². The molecule has 1 heterocycles. The second-order valence-electron chi connectivity index (χ2n) is 8.57. The van der Waals surface area contributed by atoms with E-state index >= 15 is 0 Å². The summed E-state index contributed by atoms with van der Waals surface area (Å²) in [7, 11) is 1.72. The van der Waals surface area contributed by atoms with Crippen molar-refractivity contribution in [1.82, 2.24) is 10.2 Å². The van der Waals surface area contributed by atoms with Gasteiger partial charge in [-0.3, -0.25) is 4.79 Å². The van der Waals surface area contributed by atoms with Gasteiger partial charge in [-0.2, -0.15) is 0 Å². The summed E-state index contributed by atoms with van der Waals surface area (Å²) < 4.78 is 33.0. The molecule has 0 radical (unpaired) electrons. The van der Waals surface area contributed by atoms with E-state index in [4.69, 9.17) is 9.47 Å². The zero-order chi connectivity index (χ0) is 23.8. The van der Waals surface area contributed by atoms with Crippen LogP contribution < -0.4 is 14.8 Å². The van der Waals surface area contributed by atoms with Gasteiger partial charge in [-0.15, -0.1) is 0 Å². The molecular formula is C25H34N2O5S. The van der Waals surface area contributed by atoms with Crippen LogP contribution in [-0.4, -0.2) is 58.5 Å². The highest BCUT2D eigenvalue weighted by Gasteiger charge is 2.23. The lowest BCUT2D eigenvalue weighted by atomic mass is 10.0. The molecule has 3 rings (SSSR count). The SMILES string of the molecule is CC(C)Oc1cccc2c1OC(CNCCCCN(C)C(=O)c1ccccc1S(=O)O)CC2. The molecule has 0 fully saturated rings. The van der Waals surface area contributed by atoms with Crippen LogP contribution in [0, 0.1) is 0 Å². The zero-order valence-electron chi connectivity index (χ0n) is 19.6. The maximum absolute atomic E-state index is 12.6. The third-order valence-electron chi connectivity index (χ3n) is 5.56. The van der Waals surface area contributed by atoms with Crippen molar-refractivity contribution in [3.05, 3.63) is 53.6 Å². The van der Waals surface area contributed by atoms with Crippen LogP contribution in [0.25, 0.3) is 0 Å². The van der Waals surface area contributed by atoms with Crippen LogP contribution in [-0.2, 0) is 17.5 Å². The van der Waals surface area contributed by atoms with Crippen molar-refractivity contribution in [3.8, 4) is 11.5 Å². The van der Waals surface area contributed by atoms with Gasteiger partial charge in [-0.1, -0.05) is 24.3 Å². The monoisotopic (exact) mass is 474 g/mol. The van der Waals surface area contributed by atoms with Crippen LogP contribution in [0.4, 0.5) is 0 Å². The Morgan fingerprint density at radius 3 is 2.79 bits per heavy atom. The first-order valence-electron chi connectivity index (χ1n) is 11.5. The van der Waals surface area contributed by atoms with Crippen LogP contribution in [0.3, 0.4) is 0 Å². The van der Waals surface area contributed by atoms with Crippen molar-refractivity contribution < 1.29 is 23.0 Å². The average molecular weight is 475 g/mol. The number of rotatable bonds is 11. The number of carbonyl (C=O) groups excluding carboxylic acids is 1. The summed E-state index contributed by atoms with van der Waals surface area (Å²) >= 11 is -2.19. The maximum Gasteiger partial charge on any atom is 0.254 e. The smallest absolute Gasteiger partial charge is 0.254 e. The number of unbranched alkanes of at least 4 members (excludes halogenated alkanes) is 1. The summed E-state index contributed by atoms with van der Waals surface area (Å²) in [5, 5.41) is 3.46. The Morgan fingerprint density at radius 2 is 2.03 bits per heavy atom. The van der Waals surface area contributed by atoms with E-state index in [0.717, 1.165) is 50.3 Å². The summed E-state index contributed by atoms with van der Waals surface area (Å²) in [4.78, 5) is 14.4. The lowest BCUT2D eigenvalue weighted by Gasteiger charge is -2.28. The number of carbonyl (C=O) groups is 1. The molecule has 0 bridgehead atoms. The van der Waals surface area contributed by atoms with Gasteiger partial charge in [0, 0.05) is 20.1 Å². The number of para-hydroxylation sites is 1. The number of nitrogens with zero attached hydrogens (tertiary/aromatic N) is 1. The molecule has 0 aromatic heterocycles. The molecule has 2 aromatic rings. The zero-order valence-corrected chi connectivity index (χ0v) is 20.4. The topological polar surface area (TPSA) is 88.1 Å². The van der Waals surface area contributed by atoms with E-state index in [0.29, 0.717) is 6.54 Å². The van der Waals surface area contributed by atoms with E-state index in [2.05, 4.69) is 11.4 Å². The number of benzene rings is 2. The predicted octanol–water partition coefficient (Wildman–Crippen LogP) is 3.89. The fourth-order valence-electron chi connectivity index (χ4n) is 3.89. The molecule has 1 aliphatic heterocycles. The van der Waals surface area contributed by atoms with E-state index in [1.165, 1.54) is 11.6 Å². The predicted molar refractivity (Wildman–Crippen MR) is 129 cm³/mol.